The zero-order chi connectivity index (χ0) is 22.6. The van der Waals surface area contributed by atoms with Crippen molar-refractivity contribution in [2.75, 3.05) is 5.75 Å². The molecule has 1 saturated carbocycles. The molecular formula is C19H16F3N7O2S. The molecule has 1 amide bonds. The summed E-state index contributed by atoms with van der Waals surface area (Å²) in [5.74, 6) is -0.101. The van der Waals surface area contributed by atoms with Crippen LogP contribution < -0.4 is 5.32 Å². The number of rotatable bonds is 5. The second-order valence-electron chi connectivity index (χ2n) is 7.28. The molecule has 0 radical (unpaired) electrons. The Bertz CT molecular complexity index is 1390. The summed E-state index contributed by atoms with van der Waals surface area (Å²) < 4.78 is 54.4. The van der Waals surface area contributed by atoms with Crippen molar-refractivity contribution < 1.29 is 22.2 Å². The van der Waals surface area contributed by atoms with Gasteiger partial charge in [-0.2, -0.15) is 18.3 Å². The minimum atomic E-state index is -4.53. The first-order valence-corrected chi connectivity index (χ1v) is 11.1. The predicted molar refractivity (Wildman–Crippen MR) is 107 cm³/mol. The number of aromatic nitrogens is 6. The van der Waals surface area contributed by atoms with Gasteiger partial charge in [-0.1, -0.05) is 6.92 Å². The van der Waals surface area contributed by atoms with E-state index >= 15 is 0 Å². The van der Waals surface area contributed by atoms with Gasteiger partial charge in [0.1, 0.15) is 11.3 Å². The summed E-state index contributed by atoms with van der Waals surface area (Å²) in [6.07, 6.45) is -0.156. The molecule has 4 aromatic rings. The Morgan fingerprint density at radius 3 is 2.75 bits per heavy atom. The average Bonchev–Trinajstić information content (AvgIpc) is 3.33. The highest BCUT2D eigenvalue weighted by Gasteiger charge is 2.32. The van der Waals surface area contributed by atoms with Gasteiger partial charge in [0, 0.05) is 24.2 Å². The van der Waals surface area contributed by atoms with Crippen LogP contribution in [0.4, 0.5) is 13.2 Å². The number of hydrogen-bond donors (Lipinski definition) is 1. The largest absolute Gasteiger partial charge is 0.416 e. The van der Waals surface area contributed by atoms with Crippen molar-refractivity contribution in [3.8, 4) is 11.4 Å². The van der Waals surface area contributed by atoms with Gasteiger partial charge in [-0.3, -0.25) is 9.00 Å². The van der Waals surface area contributed by atoms with E-state index in [0.717, 1.165) is 31.2 Å². The van der Waals surface area contributed by atoms with Crippen molar-refractivity contribution in [2.24, 2.45) is 0 Å². The number of pyridine rings is 1. The summed E-state index contributed by atoms with van der Waals surface area (Å²) >= 11 is 0. The van der Waals surface area contributed by atoms with Crippen LogP contribution in [0.5, 0.6) is 0 Å². The third-order valence-electron chi connectivity index (χ3n) is 5.00. The van der Waals surface area contributed by atoms with Gasteiger partial charge in [0.15, 0.2) is 22.1 Å². The molecule has 1 aliphatic rings. The number of fused-ring (bicyclic) bond motifs is 2. The van der Waals surface area contributed by atoms with Gasteiger partial charge in [-0.15, -0.1) is 5.10 Å². The molecule has 9 nitrogen and oxygen atoms in total. The molecule has 5 rings (SSSR count). The van der Waals surface area contributed by atoms with Gasteiger partial charge in [-0.25, -0.2) is 19.0 Å². The highest BCUT2D eigenvalue weighted by molar-refractivity contribution is 7.85. The summed E-state index contributed by atoms with van der Waals surface area (Å²) in [7, 11) is -1.57. The van der Waals surface area contributed by atoms with Crippen molar-refractivity contribution >= 4 is 28.0 Å². The van der Waals surface area contributed by atoms with E-state index < -0.39 is 22.5 Å². The molecule has 13 heteroatoms. The molecule has 4 aromatic heterocycles. The molecular weight excluding hydrogens is 447 g/mol. The fourth-order valence-corrected chi connectivity index (χ4v) is 4.10. The van der Waals surface area contributed by atoms with Gasteiger partial charge in [0.2, 0.25) is 0 Å². The van der Waals surface area contributed by atoms with Crippen LogP contribution in [0.1, 0.15) is 35.8 Å². The van der Waals surface area contributed by atoms with Crippen LogP contribution in [0.25, 0.3) is 22.7 Å². The molecule has 32 heavy (non-hydrogen) atoms. The topological polar surface area (TPSA) is 107 Å². The molecule has 4 heterocycles. The number of hydrogen-bond acceptors (Lipinski definition) is 6. The Morgan fingerprint density at radius 1 is 1.28 bits per heavy atom. The second kappa shape index (κ2) is 7.36. The maximum atomic E-state index is 13.1. The quantitative estimate of drug-likeness (QED) is 0.487. The molecule has 166 valence electrons. The summed E-state index contributed by atoms with van der Waals surface area (Å²) in [6, 6.07) is 3.38. The maximum Gasteiger partial charge on any atom is 0.416 e. The van der Waals surface area contributed by atoms with Crippen molar-refractivity contribution in [1.82, 2.24) is 34.5 Å². The zero-order valence-corrected chi connectivity index (χ0v) is 17.4. The monoisotopic (exact) mass is 463 g/mol. The highest BCUT2D eigenvalue weighted by atomic mass is 32.2. The number of nitrogens with zero attached hydrogens (tertiary/aromatic N) is 6. The van der Waals surface area contributed by atoms with Crippen LogP contribution in [-0.4, -0.2) is 51.1 Å². The Morgan fingerprint density at radius 2 is 2.06 bits per heavy atom. The summed E-state index contributed by atoms with van der Waals surface area (Å²) in [5.41, 5.74) is -0.297. The minimum absolute atomic E-state index is 0.0170. The van der Waals surface area contributed by atoms with Gasteiger partial charge in [0.25, 0.3) is 5.91 Å². The van der Waals surface area contributed by atoms with Crippen LogP contribution in [0.2, 0.25) is 0 Å². The predicted octanol–water partition coefficient (Wildman–Crippen LogP) is 2.48. The first-order valence-electron chi connectivity index (χ1n) is 9.77. The van der Waals surface area contributed by atoms with Gasteiger partial charge in [0.05, 0.1) is 16.4 Å². The SMILES string of the molecule is CCS(=O)c1nn2c(C(=O)NC3CC3)ccnc2c1-c1nc2cc(C(F)(F)F)ccn2n1. The lowest BCUT2D eigenvalue weighted by Crippen LogP contribution is -2.27. The van der Waals surface area contributed by atoms with Crippen molar-refractivity contribution in [3.63, 3.8) is 0 Å². The fourth-order valence-electron chi connectivity index (χ4n) is 3.24. The molecule has 0 aromatic carbocycles. The van der Waals surface area contributed by atoms with Crippen LogP contribution in [-0.2, 0) is 17.0 Å². The smallest absolute Gasteiger partial charge is 0.348 e. The van der Waals surface area contributed by atoms with E-state index in [4.69, 9.17) is 0 Å². The van der Waals surface area contributed by atoms with E-state index in [-0.39, 0.29) is 51.1 Å². The van der Waals surface area contributed by atoms with Gasteiger partial charge in [-0.05, 0) is 31.0 Å². The van der Waals surface area contributed by atoms with E-state index in [2.05, 4.69) is 25.5 Å². The zero-order valence-electron chi connectivity index (χ0n) is 16.6. The highest BCUT2D eigenvalue weighted by Crippen LogP contribution is 2.32. The van der Waals surface area contributed by atoms with Crippen LogP contribution in [0.15, 0.2) is 35.6 Å². The standard InChI is InChI=1S/C19H16F3N7O2S/c1-2-32(31)18-14(15-25-13-9-10(19(20,21)22)6-8-28(13)26-15)16-23-7-5-12(29(16)27-18)17(30)24-11-3-4-11/h5-9,11H,2-4H2,1H3,(H,24,30). The van der Waals surface area contributed by atoms with Crippen LogP contribution >= 0.6 is 0 Å². The average molecular weight is 463 g/mol. The van der Waals surface area contributed by atoms with E-state index in [1.54, 1.807) is 6.92 Å². The summed E-state index contributed by atoms with van der Waals surface area (Å²) in [5, 5.41) is 11.6. The number of alkyl halides is 3. The number of amides is 1. The molecule has 1 fully saturated rings. The van der Waals surface area contributed by atoms with Gasteiger partial charge < -0.3 is 5.32 Å². The summed E-state index contributed by atoms with van der Waals surface area (Å²) in [6.45, 7) is 1.70. The molecule has 0 spiro atoms. The third-order valence-corrected chi connectivity index (χ3v) is 6.24. The van der Waals surface area contributed by atoms with Crippen LogP contribution in [0, 0.1) is 0 Å². The molecule has 0 aliphatic heterocycles. The molecule has 1 atom stereocenters. The molecule has 0 saturated heterocycles. The van der Waals surface area contributed by atoms with Gasteiger partial charge >= 0.3 is 6.18 Å². The lowest BCUT2D eigenvalue weighted by atomic mass is 10.2. The summed E-state index contributed by atoms with van der Waals surface area (Å²) in [4.78, 5) is 21.2. The lowest BCUT2D eigenvalue weighted by Gasteiger charge is -2.05. The fraction of sp³-hybridized carbons (Fsp3) is 0.316. The second-order valence-corrected chi connectivity index (χ2v) is 8.93. The Labute approximate surface area is 181 Å². The van der Waals surface area contributed by atoms with E-state index in [1.807, 2.05) is 0 Å². The maximum absolute atomic E-state index is 13.1. The minimum Gasteiger partial charge on any atom is -0.348 e. The number of carbonyl (C=O) groups excluding carboxylic acids is 1. The van der Waals surface area contributed by atoms with E-state index in [9.17, 15) is 22.2 Å². The Kier molecular flexibility index (Phi) is 4.73. The first kappa shape index (κ1) is 20.5. The third kappa shape index (κ3) is 3.51. The van der Waals surface area contributed by atoms with E-state index in [1.165, 1.54) is 21.3 Å². The Hall–Kier alpha value is -3.35. The van der Waals surface area contributed by atoms with Crippen LogP contribution in [0.3, 0.4) is 0 Å². The molecule has 1 aliphatic carbocycles. The number of halogens is 3. The number of carbonyl (C=O) groups is 1. The lowest BCUT2D eigenvalue weighted by molar-refractivity contribution is -0.137. The first-order chi connectivity index (χ1) is 15.3. The van der Waals surface area contributed by atoms with Crippen molar-refractivity contribution in [1.29, 1.82) is 0 Å². The molecule has 0 bridgehead atoms. The molecule has 1 unspecified atom stereocenters. The van der Waals surface area contributed by atoms with Crippen molar-refractivity contribution in [3.05, 3.63) is 41.9 Å². The normalized spacial score (nSPS) is 15.4. The van der Waals surface area contributed by atoms with E-state index in [0.29, 0.717) is 0 Å². The molecule has 1 N–H and O–H groups in total. The van der Waals surface area contributed by atoms with Crippen molar-refractivity contribution in [2.45, 2.75) is 37.0 Å². The Balaban J connectivity index is 1.70. The number of nitrogens with one attached hydrogen (secondary N) is 1.